The maximum absolute atomic E-state index is 12.9. The Bertz CT molecular complexity index is 965. The SMILES string of the molecule is Cc1ccc(NC2CN(C(=O)OC(C)(C)C)C2)cc1C(=O)NC(C)c1cccc(Br)c1. The fourth-order valence-electron chi connectivity index (χ4n) is 3.37. The molecule has 1 heterocycles. The lowest BCUT2D eigenvalue weighted by atomic mass is 10.0. The first kappa shape index (κ1) is 23.1. The number of aryl methyl sites for hydroxylation is 1. The van der Waals surface area contributed by atoms with E-state index in [9.17, 15) is 9.59 Å². The number of hydrogen-bond donors (Lipinski definition) is 2. The molecule has 166 valence electrons. The standard InChI is InChI=1S/C24H30BrN3O3/c1-15-9-10-19(27-20-13-28(14-20)23(30)31-24(3,4)5)12-21(15)22(29)26-16(2)17-7-6-8-18(25)11-17/h6-12,16,20,27H,13-14H2,1-5H3,(H,26,29). The Labute approximate surface area is 192 Å². The molecule has 0 spiro atoms. The van der Waals surface area contributed by atoms with Gasteiger partial charge in [0, 0.05) is 28.8 Å². The number of hydrogen-bond acceptors (Lipinski definition) is 4. The number of halogens is 1. The minimum Gasteiger partial charge on any atom is -0.444 e. The van der Waals surface area contributed by atoms with Gasteiger partial charge in [-0.15, -0.1) is 0 Å². The van der Waals surface area contributed by atoms with Gasteiger partial charge in [-0.05, 0) is 70.0 Å². The van der Waals surface area contributed by atoms with E-state index in [1.807, 2.05) is 77.1 Å². The average molecular weight is 488 g/mol. The summed E-state index contributed by atoms with van der Waals surface area (Å²) in [7, 11) is 0. The van der Waals surface area contributed by atoms with Gasteiger partial charge in [0.05, 0.1) is 12.1 Å². The van der Waals surface area contributed by atoms with Crippen LogP contribution in [0.2, 0.25) is 0 Å². The van der Waals surface area contributed by atoms with Gasteiger partial charge < -0.3 is 20.3 Å². The quantitative estimate of drug-likeness (QED) is 0.601. The van der Waals surface area contributed by atoms with Crippen molar-refractivity contribution in [3.05, 3.63) is 63.6 Å². The third-order valence-electron chi connectivity index (χ3n) is 5.08. The summed E-state index contributed by atoms with van der Waals surface area (Å²) in [6, 6.07) is 13.7. The largest absolute Gasteiger partial charge is 0.444 e. The first-order valence-electron chi connectivity index (χ1n) is 10.4. The third-order valence-corrected chi connectivity index (χ3v) is 5.58. The van der Waals surface area contributed by atoms with E-state index in [0.717, 1.165) is 21.3 Å². The second kappa shape index (κ2) is 9.30. The number of anilines is 1. The van der Waals surface area contributed by atoms with Gasteiger partial charge in [0.1, 0.15) is 5.60 Å². The van der Waals surface area contributed by atoms with Gasteiger partial charge in [-0.25, -0.2) is 4.79 Å². The number of amides is 2. The molecule has 6 nitrogen and oxygen atoms in total. The van der Waals surface area contributed by atoms with Crippen LogP contribution in [0.5, 0.6) is 0 Å². The molecule has 1 atom stereocenters. The Balaban J connectivity index is 1.59. The number of nitrogens with one attached hydrogen (secondary N) is 2. The number of nitrogens with zero attached hydrogens (tertiary/aromatic N) is 1. The van der Waals surface area contributed by atoms with Crippen molar-refractivity contribution < 1.29 is 14.3 Å². The maximum atomic E-state index is 12.9. The number of benzene rings is 2. The van der Waals surface area contributed by atoms with E-state index in [1.165, 1.54) is 0 Å². The Morgan fingerprint density at radius 3 is 2.52 bits per heavy atom. The highest BCUT2D eigenvalue weighted by molar-refractivity contribution is 9.10. The molecule has 2 amide bonds. The van der Waals surface area contributed by atoms with Gasteiger partial charge in [0.2, 0.25) is 0 Å². The molecule has 2 aromatic rings. The van der Waals surface area contributed by atoms with Crippen LogP contribution in [0.1, 0.15) is 55.2 Å². The summed E-state index contributed by atoms with van der Waals surface area (Å²) < 4.78 is 6.37. The van der Waals surface area contributed by atoms with Crippen molar-refractivity contribution in [2.24, 2.45) is 0 Å². The molecule has 1 unspecified atom stereocenters. The van der Waals surface area contributed by atoms with E-state index in [1.54, 1.807) is 4.90 Å². The molecule has 1 saturated heterocycles. The van der Waals surface area contributed by atoms with Crippen LogP contribution in [-0.4, -0.2) is 41.6 Å². The zero-order valence-electron chi connectivity index (χ0n) is 18.7. The van der Waals surface area contributed by atoms with Gasteiger partial charge in [-0.3, -0.25) is 4.79 Å². The van der Waals surface area contributed by atoms with Gasteiger partial charge >= 0.3 is 6.09 Å². The lowest BCUT2D eigenvalue weighted by Crippen LogP contribution is -2.57. The Kier molecular flexibility index (Phi) is 6.94. The topological polar surface area (TPSA) is 70.7 Å². The van der Waals surface area contributed by atoms with E-state index >= 15 is 0 Å². The summed E-state index contributed by atoms with van der Waals surface area (Å²) in [4.78, 5) is 26.7. The van der Waals surface area contributed by atoms with Crippen molar-refractivity contribution in [1.29, 1.82) is 0 Å². The van der Waals surface area contributed by atoms with E-state index in [-0.39, 0.29) is 24.1 Å². The fourth-order valence-corrected chi connectivity index (χ4v) is 3.79. The first-order valence-corrected chi connectivity index (χ1v) is 11.2. The lowest BCUT2D eigenvalue weighted by Gasteiger charge is -2.40. The molecular formula is C24H30BrN3O3. The number of likely N-dealkylation sites (tertiary alicyclic amines) is 1. The Morgan fingerprint density at radius 1 is 1.16 bits per heavy atom. The van der Waals surface area contributed by atoms with E-state index < -0.39 is 5.60 Å². The summed E-state index contributed by atoms with van der Waals surface area (Å²) in [5.74, 6) is -0.113. The van der Waals surface area contributed by atoms with Crippen molar-refractivity contribution in [3.8, 4) is 0 Å². The minimum atomic E-state index is -0.498. The third kappa shape index (κ3) is 6.23. The normalized spacial score (nSPS) is 15.1. The zero-order chi connectivity index (χ0) is 22.8. The molecule has 1 aliphatic rings. The average Bonchev–Trinajstić information content (AvgIpc) is 2.63. The van der Waals surface area contributed by atoms with Gasteiger partial charge in [0.15, 0.2) is 0 Å². The number of ether oxygens (including phenoxy) is 1. The molecule has 3 rings (SSSR count). The summed E-state index contributed by atoms with van der Waals surface area (Å²) in [6.07, 6.45) is -0.295. The van der Waals surface area contributed by atoms with Crippen molar-refractivity contribution in [2.45, 2.75) is 52.3 Å². The molecule has 2 N–H and O–H groups in total. The van der Waals surface area contributed by atoms with Crippen LogP contribution in [0.3, 0.4) is 0 Å². The van der Waals surface area contributed by atoms with E-state index in [0.29, 0.717) is 18.7 Å². The maximum Gasteiger partial charge on any atom is 0.410 e. The molecular weight excluding hydrogens is 458 g/mol. The smallest absolute Gasteiger partial charge is 0.410 e. The number of rotatable bonds is 5. The second-order valence-electron chi connectivity index (χ2n) is 9.01. The molecule has 0 radical (unpaired) electrons. The molecule has 1 fully saturated rings. The minimum absolute atomic E-state index is 0.113. The highest BCUT2D eigenvalue weighted by Crippen LogP contribution is 2.23. The number of carbonyl (C=O) groups is 2. The van der Waals surface area contributed by atoms with Crippen LogP contribution in [0.4, 0.5) is 10.5 Å². The van der Waals surface area contributed by atoms with Crippen LogP contribution < -0.4 is 10.6 Å². The van der Waals surface area contributed by atoms with Crippen LogP contribution in [0, 0.1) is 6.92 Å². The lowest BCUT2D eigenvalue weighted by molar-refractivity contribution is 0.0105. The molecule has 7 heteroatoms. The van der Waals surface area contributed by atoms with Crippen LogP contribution >= 0.6 is 15.9 Å². The van der Waals surface area contributed by atoms with E-state index in [4.69, 9.17) is 4.74 Å². The highest BCUT2D eigenvalue weighted by Gasteiger charge is 2.33. The van der Waals surface area contributed by atoms with Crippen LogP contribution in [0.25, 0.3) is 0 Å². The molecule has 31 heavy (non-hydrogen) atoms. The monoisotopic (exact) mass is 487 g/mol. The van der Waals surface area contributed by atoms with Crippen molar-refractivity contribution in [3.63, 3.8) is 0 Å². The van der Waals surface area contributed by atoms with Crippen LogP contribution in [0.15, 0.2) is 46.9 Å². The first-order chi connectivity index (χ1) is 14.5. The molecule has 0 aromatic heterocycles. The predicted octanol–water partition coefficient (Wildman–Crippen LogP) is 5.28. The highest BCUT2D eigenvalue weighted by atomic mass is 79.9. The summed E-state index contributed by atoms with van der Waals surface area (Å²) in [5.41, 5.74) is 2.94. The van der Waals surface area contributed by atoms with Crippen molar-refractivity contribution >= 4 is 33.6 Å². The zero-order valence-corrected chi connectivity index (χ0v) is 20.2. The summed E-state index contributed by atoms with van der Waals surface area (Å²) >= 11 is 3.47. The Morgan fingerprint density at radius 2 is 1.87 bits per heavy atom. The van der Waals surface area contributed by atoms with Gasteiger partial charge in [-0.1, -0.05) is 34.1 Å². The Hall–Kier alpha value is -2.54. The van der Waals surface area contributed by atoms with Gasteiger partial charge in [0.25, 0.3) is 5.91 Å². The molecule has 0 bridgehead atoms. The van der Waals surface area contributed by atoms with Crippen molar-refractivity contribution in [2.75, 3.05) is 18.4 Å². The van der Waals surface area contributed by atoms with E-state index in [2.05, 4.69) is 26.6 Å². The summed E-state index contributed by atoms with van der Waals surface area (Å²) in [6.45, 7) is 10.6. The second-order valence-corrected chi connectivity index (χ2v) is 9.92. The summed E-state index contributed by atoms with van der Waals surface area (Å²) in [5, 5.41) is 6.48. The number of carbonyl (C=O) groups excluding carboxylic acids is 2. The predicted molar refractivity (Wildman–Crippen MR) is 126 cm³/mol. The molecule has 2 aromatic carbocycles. The molecule has 0 aliphatic carbocycles. The van der Waals surface area contributed by atoms with Gasteiger partial charge in [-0.2, -0.15) is 0 Å². The molecule has 0 saturated carbocycles. The molecule has 1 aliphatic heterocycles. The van der Waals surface area contributed by atoms with Crippen molar-refractivity contribution in [1.82, 2.24) is 10.2 Å². The fraction of sp³-hybridized carbons (Fsp3) is 0.417. The van der Waals surface area contributed by atoms with Crippen LogP contribution in [-0.2, 0) is 4.74 Å².